The molecule has 0 fully saturated rings. The molecule has 0 bridgehead atoms. The van der Waals surface area contributed by atoms with Crippen LogP contribution in [-0.4, -0.2) is 10.5 Å². The molecular formula is C11H16N2O3. The van der Waals surface area contributed by atoms with Crippen molar-refractivity contribution in [2.24, 2.45) is 0 Å². The van der Waals surface area contributed by atoms with E-state index in [2.05, 4.69) is 0 Å². The van der Waals surface area contributed by atoms with Gasteiger partial charge in [-0.05, 0) is 32.4 Å². The number of hydrogen-bond donors (Lipinski definition) is 1. The predicted octanol–water partition coefficient (Wildman–Crippen LogP) is 2.74. The second-order valence-electron chi connectivity index (χ2n) is 4.17. The third-order valence-electron chi connectivity index (χ3n) is 2.45. The van der Waals surface area contributed by atoms with Crippen LogP contribution in [0.1, 0.15) is 27.2 Å². The predicted molar refractivity (Wildman–Crippen MR) is 62.5 cm³/mol. The number of anilines is 1. The SMILES string of the molecule is CCC(C)(C)Oc1cccc(N)c1[N+](=O)[O-]. The average Bonchev–Trinajstić information content (AvgIpc) is 2.16. The number of hydrogen-bond acceptors (Lipinski definition) is 4. The van der Waals surface area contributed by atoms with Crippen LogP contribution in [0.4, 0.5) is 11.4 Å². The quantitative estimate of drug-likeness (QED) is 0.484. The first-order valence-electron chi connectivity index (χ1n) is 5.09. The molecule has 5 heteroatoms. The maximum absolute atomic E-state index is 10.9. The van der Waals surface area contributed by atoms with Crippen molar-refractivity contribution in [2.45, 2.75) is 32.8 Å². The van der Waals surface area contributed by atoms with E-state index < -0.39 is 10.5 Å². The van der Waals surface area contributed by atoms with Crippen LogP contribution in [0, 0.1) is 10.1 Å². The smallest absolute Gasteiger partial charge is 0.333 e. The Morgan fingerprint density at radius 3 is 2.62 bits per heavy atom. The van der Waals surface area contributed by atoms with Gasteiger partial charge in [0.05, 0.1) is 4.92 Å². The van der Waals surface area contributed by atoms with Crippen LogP contribution in [0.15, 0.2) is 18.2 Å². The first kappa shape index (κ1) is 12.3. The van der Waals surface area contributed by atoms with E-state index in [1.54, 1.807) is 12.1 Å². The maximum Gasteiger partial charge on any atom is 0.333 e. The summed E-state index contributed by atoms with van der Waals surface area (Å²) >= 11 is 0. The minimum Gasteiger partial charge on any atom is -0.481 e. The summed E-state index contributed by atoms with van der Waals surface area (Å²) in [5.74, 6) is 0.219. The van der Waals surface area contributed by atoms with E-state index in [1.165, 1.54) is 6.07 Å². The van der Waals surface area contributed by atoms with Crippen LogP contribution in [0.25, 0.3) is 0 Å². The van der Waals surface area contributed by atoms with Crippen LogP contribution in [0.5, 0.6) is 5.75 Å². The highest BCUT2D eigenvalue weighted by molar-refractivity contribution is 5.65. The minimum atomic E-state index is -0.517. The number of nitrogens with zero attached hydrogens (tertiary/aromatic N) is 1. The van der Waals surface area contributed by atoms with E-state index in [0.29, 0.717) is 0 Å². The summed E-state index contributed by atoms with van der Waals surface area (Å²) in [5, 5.41) is 10.9. The summed E-state index contributed by atoms with van der Waals surface area (Å²) in [5.41, 5.74) is 5.07. The minimum absolute atomic E-state index is 0.120. The molecule has 0 aliphatic carbocycles. The molecule has 5 nitrogen and oxygen atoms in total. The van der Waals surface area contributed by atoms with Crippen molar-refractivity contribution in [3.8, 4) is 5.75 Å². The van der Waals surface area contributed by atoms with Crippen LogP contribution < -0.4 is 10.5 Å². The van der Waals surface area contributed by atoms with E-state index in [4.69, 9.17) is 10.5 Å². The molecule has 0 atom stereocenters. The van der Waals surface area contributed by atoms with E-state index >= 15 is 0 Å². The Morgan fingerprint density at radius 1 is 1.50 bits per heavy atom. The molecule has 88 valence electrons. The highest BCUT2D eigenvalue weighted by Crippen LogP contribution is 2.35. The molecule has 0 saturated heterocycles. The highest BCUT2D eigenvalue weighted by Gasteiger charge is 2.25. The first-order chi connectivity index (χ1) is 7.37. The standard InChI is InChI=1S/C11H16N2O3/c1-4-11(2,3)16-9-7-5-6-8(12)10(9)13(14)15/h5-7H,4,12H2,1-3H3. The lowest BCUT2D eigenvalue weighted by Gasteiger charge is -2.24. The third kappa shape index (κ3) is 2.62. The monoisotopic (exact) mass is 224 g/mol. The number of nitro benzene ring substituents is 1. The highest BCUT2D eigenvalue weighted by atomic mass is 16.6. The molecule has 0 aromatic heterocycles. The first-order valence-corrected chi connectivity index (χ1v) is 5.09. The summed E-state index contributed by atoms with van der Waals surface area (Å²) in [6.45, 7) is 5.71. The number of rotatable bonds is 4. The van der Waals surface area contributed by atoms with Gasteiger partial charge in [0.15, 0.2) is 5.75 Å². The molecule has 2 N–H and O–H groups in total. The van der Waals surface area contributed by atoms with Crippen molar-refractivity contribution in [3.63, 3.8) is 0 Å². The van der Waals surface area contributed by atoms with Crippen molar-refractivity contribution >= 4 is 11.4 Å². The summed E-state index contributed by atoms with van der Waals surface area (Å²) in [6, 6.07) is 4.69. The van der Waals surface area contributed by atoms with Crippen LogP contribution >= 0.6 is 0 Å². The summed E-state index contributed by atoms with van der Waals surface area (Å²) in [7, 11) is 0. The normalized spacial score (nSPS) is 11.2. The second-order valence-corrected chi connectivity index (χ2v) is 4.17. The second kappa shape index (κ2) is 4.38. The number of nitro groups is 1. The van der Waals surface area contributed by atoms with Crippen LogP contribution in [0.3, 0.4) is 0 Å². The fourth-order valence-electron chi connectivity index (χ4n) is 1.19. The number of ether oxygens (including phenoxy) is 1. The van der Waals surface area contributed by atoms with Gasteiger partial charge in [0, 0.05) is 0 Å². The molecule has 0 unspecified atom stereocenters. The molecule has 1 aromatic carbocycles. The zero-order chi connectivity index (χ0) is 12.3. The maximum atomic E-state index is 10.9. The van der Waals surface area contributed by atoms with Gasteiger partial charge in [0.2, 0.25) is 0 Å². The summed E-state index contributed by atoms with van der Waals surface area (Å²) in [6.07, 6.45) is 0.749. The average molecular weight is 224 g/mol. The number of nitrogen functional groups attached to an aromatic ring is 1. The molecule has 16 heavy (non-hydrogen) atoms. The van der Waals surface area contributed by atoms with Crippen molar-refractivity contribution in [3.05, 3.63) is 28.3 Å². The Kier molecular flexibility index (Phi) is 3.37. The van der Waals surface area contributed by atoms with Gasteiger partial charge in [-0.3, -0.25) is 10.1 Å². The van der Waals surface area contributed by atoms with Gasteiger partial charge < -0.3 is 10.5 Å². The molecule has 0 radical (unpaired) electrons. The summed E-state index contributed by atoms with van der Waals surface area (Å²) in [4.78, 5) is 10.3. The van der Waals surface area contributed by atoms with Crippen molar-refractivity contribution in [1.29, 1.82) is 0 Å². The van der Waals surface area contributed by atoms with E-state index in [9.17, 15) is 10.1 Å². The van der Waals surface area contributed by atoms with Crippen molar-refractivity contribution < 1.29 is 9.66 Å². The van der Waals surface area contributed by atoms with Crippen LogP contribution in [0.2, 0.25) is 0 Å². The fourth-order valence-corrected chi connectivity index (χ4v) is 1.19. The Hall–Kier alpha value is -1.78. The number of para-hydroxylation sites is 1. The zero-order valence-electron chi connectivity index (χ0n) is 9.69. The Morgan fingerprint density at radius 2 is 2.12 bits per heavy atom. The topological polar surface area (TPSA) is 78.4 Å². The Labute approximate surface area is 94.4 Å². The molecule has 1 rings (SSSR count). The molecule has 0 amide bonds. The fraction of sp³-hybridized carbons (Fsp3) is 0.455. The largest absolute Gasteiger partial charge is 0.481 e. The summed E-state index contributed by atoms with van der Waals surface area (Å²) < 4.78 is 5.60. The van der Waals surface area contributed by atoms with E-state index in [1.807, 2.05) is 20.8 Å². The third-order valence-corrected chi connectivity index (χ3v) is 2.45. The number of nitrogens with two attached hydrogens (primary N) is 1. The lowest BCUT2D eigenvalue weighted by atomic mass is 10.1. The van der Waals surface area contributed by atoms with Gasteiger partial charge in [0.25, 0.3) is 0 Å². The molecule has 0 aliphatic rings. The van der Waals surface area contributed by atoms with E-state index in [-0.39, 0.29) is 17.1 Å². The van der Waals surface area contributed by atoms with Gasteiger partial charge in [-0.2, -0.15) is 0 Å². The van der Waals surface area contributed by atoms with Gasteiger partial charge in [0.1, 0.15) is 11.3 Å². The van der Waals surface area contributed by atoms with E-state index in [0.717, 1.165) is 6.42 Å². The Balaban J connectivity index is 3.14. The lowest BCUT2D eigenvalue weighted by Crippen LogP contribution is -2.27. The van der Waals surface area contributed by atoms with Gasteiger partial charge in [-0.25, -0.2) is 0 Å². The molecule has 1 aromatic rings. The van der Waals surface area contributed by atoms with Gasteiger partial charge >= 0.3 is 5.69 Å². The van der Waals surface area contributed by atoms with Gasteiger partial charge in [-0.1, -0.05) is 13.0 Å². The molecule has 0 spiro atoms. The van der Waals surface area contributed by atoms with Crippen LogP contribution in [-0.2, 0) is 0 Å². The number of benzene rings is 1. The zero-order valence-corrected chi connectivity index (χ0v) is 9.69. The van der Waals surface area contributed by atoms with Crippen molar-refractivity contribution in [1.82, 2.24) is 0 Å². The Bertz CT molecular complexity index is 402. The molecule has 0 heterocycles. The molecular weight excluding hydrogens is 208 g/mol. The molecule has 0 saturated carbocycles. The molecule has 0 aliphatic heterocycles. The van der Waals surface area contributed by atoms with Gasteiger partial charge in [-0.15, -0.1) is 0 Å². The van der Waals surface area contributed by atoms with Crippen molar-refractivity contribution in [2.75, 3.05) is 5.73 Å². The lowest BCUT2D eigenvalue weighted by molar-refractivity contribution is -0.385.